The Balaban J connectivity index is 2.27. The summed E-state index contributed by atoms with van der Waals surface area (Å²) >= 11 is 0. The van der Waals surface area contributed by atoms with E-state index in [1.54, 1.807) is 19.2 Å². The van der Waals surface area contributed by atoms with Crippen molar-refractivity contribution in [3.63, 3.8) is 0 Å². The van der Waals surface area contributed by atoms with Gasteiger partial charge in [0.15, 0.2) is 0 Å². The molecule has 0 aliphatic rings. The minimum Gasteiger partial charge on any atom is -0.493 e. The van der Waals surface area contributed by atoms with E-state index in [1.807, 2.05) is 12.1 Å². The molecule has 2 N–H and O–H groups in total. The van der Waals surface area contributed by atoms with Crippen molar-refractivity contribution in [1.82, 2.24) is 10.6 Å². The van der Waals surface area contributed by atoms with Crippen LogP contribution in [0, 0.1) is 5.92 Å². The molecule has 1 rings (SSSR count). The summed E-state index contributed by atoms with van der Waals surface area (Å²) in [5.74, 6) is 1.21. The van der Waals surface area contributed by atoms with Crippen LogP contribution < -0.4 is 15.4 Å². The van der Waals surface area contributed by atoms with Crippen LogP contribution in [0.15, 0.2) is 24.3 Å². The van der Waals surface area contributed by atoms with Crippen LogP contribution in [-0.4, -0.2) is 45.9 Å². The van der Waals surface area contributed by atoms with Gasteiger partial charge < -0.3 is 20.1 Å². The van der Waals surface area contributed by atoms with Crippen molar-refractivity contribution >= 4 is 5.91 Å². The van der Waals surface area contributed by atoms with Crippen LogP contribution in [0.5, 0.6) is 5.75 Å². The molecule has 0 saturated carbocycles. The summed E-state index contributed by atoms with van der Waals surface area (Å²) in [5, 5.41) is 6.03. The zero-order valence-corrected chi connectivity index (χ0v) is 13.1. The van der Waals surface area contributed by atoms with Crippen LogP contribution in [0.25, 0.3) is 0 Å². The smallest absolute Gasteiger partial charge is 0.251 e. The molecule has 1 amide bonds. The average Bonchev–Trinajstić information content (AvgIpc) is 2.49. The Bertz CT molecular complexity index is 404. The Morgan fingerprint density at radius 3 is 2.48 bits per heavy atom. The molecule has 0 spiro atoms. The van der Waals surface area contributed by atoms with E-state index < -0.39 is 0 Å². The number of ether oxygens (including phenoxy) is 2. The summed E-state index contributed by atoms with van der Waals surface area (Å²) in [7, 11) is 1.66. The lowest BCUT2D eigenvalue weighted by atomic mass is 10.2. The Morgan fingerprint density at radius 1 is 1.14 bits per heavy atom. The number of hydrogen-bond acceptors (Lipinski definition) is 4. The molecule has 0 aromatic heterocycles. The van der Waals surface area contributed by atoms with Crippen LogP contribution in [0.2, 0.25) is 0 Å². The van der Waals surface area contributed by atoms with Gasteiger partial charge in [0.1, 0.15) is 5.75 Å². The van der Waals surface area contributed by atoms with Gasteiger partial charge in [0.2, 0.25) is 0 Å². The number of rotatable bonds is 10. The molecule has 0 atom stereocenters. The topological polar surface area (TPSA) is 59.6 Å². The number of carbonyl (C=O) groups excluding carboxylic acids is 1. The van der Waals surface area contributed by atoms with Gasteiger partial charge in [-0.2, -0.15) is 0 Å². The maximum absolute atomic E-state index is 11.9. The molecule has 0 heterocycles. The summed E-state index contributed by atoms with van der Waals surface area (Å²) in [6, 6.07) is 7.22. The first kappa shape index (κ1) is 17.5. The predicted molar refractivity (Wildman–Crippen MR) is 83.9 cm³/mol. The van der Waals surface area contributed by atoms with Crippen LogP contribution in [0.3, 0.4) is 0 Å². The van der Waals surface area contributed by atoms with Crippen molar-refractivity contribution in [2.24, 2.45) is 5.92 Å². The Labute approximate surface area is 127 Å². The molecule has 21 heavy (non-hydrogen) atoms. The van der Waals surface area contributed by atoms with Crippen molar-refractivity contribution in [3.8, 4) is 5.75 Å². The summed E-state index contributed by atoms with van der Waals surface area (Å²) in [6.45, 7) is 7.66. The maximum Gasteiger partial charge on any atom is 0.251 e. The van der Waals surface area contributed by atoms with Crippen molar-refractivity contribution in [2.75, 3.05) is 40.0 Å². The minimum atomic E-state index is -0.0704. The number of carbonyl (C=O) groups is 1. The second-order valence-electron chi connectivity index (χ2n) is 5.23. The molecular weight excluding hydrogens is 268 g/mol. The number of amides is 1. The van der Waals surface area contributed by atoms with E-state index in [0.717, 1.165) is 18.8 Å². The third kappa shape index (κ3) is 7.68. The molecule has 0 saturated heterocycles. The normalized spacial score (nSPS) is 10.7. The molecule has 0 unspecified atom stereocenters. The second-order valence-corrected chi connectivity index (χ2v) is 5.23. The molecule has 5 heteroatoms. The number of nitrogens with one attached hydrogen (secondary N) is 2. The zero-order chi connectivity index (χ0) is 15.5. The highest BCUT2D eigenvalue weighted by molar-refractivity contribution is 5.94. The predicted octanol–water partition coefficient (Wildman–Crippen LogP) is 1.69. The van der Waals surface area contributed by atoms with Crippen LogP contribution in [0.1, 0.15) is 24.2 Å². The first-order chi connectivity index (χ1) is 10.1. The fourth-order valence-electron chi connectivity index (χ4n) is 1.63. The Hall–Kier alpha value is -1.59. The summed E-state index contributed by atoms with van der Waals surface area (Å²) in [5.41, 5.74) is 0.642. The first-order valence-electron chi connectivity index (χ1n) is 7.34. The summed E-state index contributed by atoms with van der Waals surface area (Å²) < 4.78 is 10.5. The summed E-state index contributed by atoms with van der Waals surface area (Å²) in [6.07, 6.45) is 0. The second kappa shape index (κ2) is 10.2. The van der Waals surface area contributed by atoms with Gasteiger partial charge in [-0.25, -0.2) is 0 Å². The van der Waals surface area contributed by atoms with Crippen LogP contribution in [0.4, 0.5) is 0 Å². The quantitative estimate of drug-likeness (QED) is 0.645. The van der Waals surface area contributed by atoms with E-state index in [1.165, 1.54) is 0 Å². The van der Waals surface area contributed by atoms with E-state index in [-0.39, 0.29) is 5.91 Å². The minimum absolute atomic E-state index is 0.0704. The molecule has 1 aromatic carbocycles. The van der Waals surface area contributed by atoms with Gasteiger partial charge in [-0.05, 0) is 30.2 Å². The standard InChI is InChI=1S/C16H26N2O3/c1-13(2)12-21-15-6-4-14(5-7-15)16(19)18-9-8-17-10-11-20-3/h4-7,13,17H,8-12H2,1-3H3,(H,18,19). The molecule has 0 fully saturated rings. The van der Waals surface area contributed by atoms with Crippen molar-refractivity contribution in [2.45, 2.75) is 13.8 Å². The van der Waals surface area contributed by atoms with Gasteiger partial charge in [0, 0.05) is 32.3 Å². The molecular formula is C16H26N2O3. The number of methoxy groups -OCH3 is 1. The van der Waals surface area contributed by atoms with E-state index in [9.17, 15) is 4.79 Å². The Kier molecular flexibility index (Phi) is 8.47. The molecule has 0 aliphatic heterocycles. The van der Waals surface area contributed by atoms with Crippen LogP contribution in [-0.2, 0) is 4.74 Å². The monoisotopic (exact) mass is 294 g/mol. The van der Waals surface area contributed by atoms with Gasteiger partial charge >= 0.3 is 0 Å². The van der Waals surface area contributed by atoms with Gasteiger partial charge in [-0.1, -0.05) is 13.8 Å². The molecule has 0 bridgehead atoms. The molecule has 1 aromatic rings. The molecule has 5 nitrogen and oxygen atoms in total. The fourth-order valence-corrected chi connectivity index (χ4v) is 1.63. The van der Waals surface area contributed by atoms with Crippen molar-refractivity contribution in [1.29, 1.82) is 0 Å². The molecule has 118 valence electrons. The molecule has 0 aliphatic carbocycles. The van der Waals surface area contributed by atoms with E-state index in [4.69, 9.17) is 9.47 Å². The maximum atomic E-state index is 11.9. The summed E-state index contributed by atoms with van der Waals surface area (Å²) in [4.78, 5) is 11.9. The average molecular weight is 294 g/mol. The highest BCUT2D eigenvalue weighted by Gasteiger charge is 2.05. The van der Waals surface area contributed by atoms with E-state index in [2.05, 4.69) is 24.5 Å². The lowest BCUT2D eigenvalue weighted by molar-refractivity contribution is 0.0953. The highest BCUT2D eigenvalue weighted by Crippen LogP contribution is 2.13. The van der Waals surface area contributed by atoms with Gasteiger partial charge in [-0.15, -0.1) is 0 Å². The van der Waals surface area contributed by atoms with E-state index in [0.29, 0.717) is 31.2 Å². The van der Waals surface area contributed by atoms with Gasteiger partial charge in [-0.3, -0.25) is 4.79 Å². The van der Waals surface area contributed by atoms with Crippen molar-refractivity contribution in [3.05, 3.63) is 29.8 Å². The highest BCUT2D eigenvalue weighted by atomic mass is 16.5. The largest absolute Gasteiger partial charge is 0.493 e. The van der Waals surface area contributed by atoms with E-state index >= 15 is 0 Å². The number of hydrogen-bond donors (Lipinski definition) is 2. The molecule has 0 radical (unpaired) electrons. The SMILES string of the molecule is COCCNCCNC(=O)c1ccc(OCC(C)C)cc1. The van der Waals surface area contributed by atoms with Gasteiger partial charge in [0.05, 0.1) is 13.2 Å². The third-order valence-corrected chi connectivity index (χ3v) is 2.77. The van der Waals surface area contributed by atoms with Crippen molar-refractivity contribution < 1.29 is 14.3 Å². The fraction of sp³-hybridized carbons (Fsp3) is 0.562. The van der Waals surface area contributed by atoms with Gasteiger partial charge in [0.25, 0.3) is 5.91 Å². The zero-order valence-electron chi connectivity index (χ0n) is 13.1. The Morgan fingerprint density at radius 2 is 1.86 bits per heavy atom. The third-order valence-electron chi connectivity index (χ3n) is 2.77. The lowest BCUT2D eigenvalue weighted by Gasteiger charge is -2.09. The lowest BCUT2D eigenvalue weighted by Crippen LogP contribution is -2.33. The number of benzene rings is 1. The first-order valence-corrected chi connectivity index (χ1v) is 7.34. The van der Waals surface area contributed by atoms with Crippen LogP contribution >= 0.6 is 0 Å².